The molecule has 0 aliphatic heterocycles. The Hall–Kier alpha value is -2.93. The zero-order valence-corrected chi connectivity index (χ0v) is 16.7. The number of nitrogens with one attached hydrogen (secondary N) is 1. The predicted octanol–water partition coefficient (Wildman–Crippen LogP) is 4.49. The fourth-order valence-corrected chi connectivity index (χ4v) is 3.38. The van der Waals surface area contributed by atoms with Gasteiger partial charge in [0.2, 0.25) is 5.76 Å². The van der Waals surface area contributed by atoms with Crippen molar-refractivity contribution < 1.29 is 23.5 Å². The summed E-state index contributed by atoms with van der Waals surface area (Å²) < 4.78 is 16.3. The Labute approximate surface area is 167 Å². The van der Waals surface area contributed by atoms with Crippen molar-refractivity contribution in [3.63, 3.8) is 0 Å². The summed E-state index contributed by atoms with van der Waals surface area (Å²) in [5.41, 5.74) is 1.89. The van der Waals surface area contributed by atoms with Crippen LogP contribution in [0.5, 0.6) is 5.75 Å². The van der Waals surface area contributed by atoms with E-state index in [4.69, 9.17) is 13.9 Å². The lowest BCUT2D eigenvalue weighted by Crippen LogP contribution is -2.30. The first-order valence-electron chi connectivity index (χ1n) is 8.69. The molecule has 1 atom stereocenters. The third-order valence-corrected chi connectivity index (χ3v) is 4.77. The average Bonchev–Trinajstić information content (AvgIpc) is 3.07. The van der Waals surface area contributed by atoms with Crippen molar-refractivity contribution in [3.8, 4) is 5.75 Å². The van der Waals surface area contributed by atoms with Gasteiger partial charge in [0.1, 0.15) is 11.3 Å². The molecule has 0 bridgehead atoms. The van der Waals surface area contributed by atoms with E-state index in [1.165, 1.54) is 14.0 Å². The van der Waals surface area contributed by atoms with Gasteiger partial charge in [-0.2, -0.15) is 11.8 Å². The first kappa shape index (κ1) is 19.8. The number of rotatable bonds is 7. The van der Waals surface area contributed by atoms with Crippen LogP contribution < -0.4 is 10.1 Å². The van der Waals surface area contributed by atoms with E-state index in [0.29, 0.717) is 22.8 Å². The van der Waals surface area contributed by atoms with Crippen LogP contribution >= 0.6 is 11.8 Å². The van der Waals surface area contributed by atoms with Gasteiger partial charge in [0, 0.05) is 16.7 Å². The fraction of sp³-hybridized carbons (Fsp3) is 0.238. The molecule has 7 heteroatoms. The molecule has 6 nitrogen and oxygen atoms in total. The van der Waals surface area contributed by atoms with Gasteiger partial charge in [-0.15, -0.1) is 0 Å². The van der Waals surface area contributed by atoms with E-state index in [1.54, 1.807) is 42.1 Å². The molecule has 1 heterocycles. The highest BCUT2D eigenvalue weighted by atomic mass is 32.2. The Morgan fingerprint density at radius 2 is 1.86 bits per heavy atom. The fourth-order valence-electron chi connectivity index (χ4n) is 2.80. The highest BCUT2D eigenvalue weighted by molar-refractivity contribution is 7.97. The summed E-state index contributed by atoms with van der Waals surface area (Å²) in [6.07, 6.45) is 0.938. The molecule has 3 aromatic rings. The van der Waals surface area contributed by atoms with Gasteiger partial charge in [-0.3, -0.25) is 4.79 Å². The molecule has 0 unspecified atom stereocenters. The number of esters is 1. The van der Waals surface area contributed by atoms with Crippen LogP contribution in [0.25, 0.3) is 11.0 Å². The molecule has 0 fully saturated rings. The van der Waals surface area contributed by atoms with Crippen LogP contribution in [0.2, 0.25) is 0 Å². The minimum Gasteiger partial charge on any atom is -0.495 e. The SMILES string of the molecule is COc1ccccc1NC(=O)[C@H](C)OC(=O)c1oc2ccccc2c1CSC. The molecule has 0 spiro atoms. The number of ether oxygens (including phenoxy) is 2. The van der Waals surface area contributed by atoms with Crippen LogP contribution in [-0.2, 0) is 15.3 Å². The van der Waals surface area contributed by atoms with E-state index >= 15 is 0 Å². The quantitative estimate of drug-likeness (QED) is 0.590. The summed E-state index contributed by atoms with van der Waals surface area (Å²) in [7, 11) is 1.52. The number of hydrogen-bond donors (Lipinski definition) is 1. The van der Waals surface area contributed by atoms with E-state index in [2.05, 4.69) is 5.32 Å². The Morgan fingerprint density at radius 3 is 2.61 bits per heavy atom. The van der Waals surface area contributed by atoms with Crippen LogP contribution in [0.4, 0.5) is 5.69 Å². The lowest BCUT2D eigenvalue weighted by molar-refractivity contribution is -0.123. The van der Waals surface area contributed by atoms with Gasteiger partial charge in [-0.1, -0.05) is 30.3 Å². The van der Waals surface area contributed by atoms with E-state index in [9.17, 15) is 9.59 Å². The normalized spacial score (nSPS) is 11.8. The maximum Gasteiger partial charge on any atom is 0.375 e. The lowest BCUT2D eigenvalue weighted by Gasteiger charge is -2.14. The second kappa shape index (κ2) is 8.84. The van der Waals surface area contributed by atoms with E-state index in [-0.39, 0.29) is 5.76 Å². The van der Waals surface area contributed by atoms with E-state index in [0.717, 1.165) is 10.9 Å². The molecule has 0 saturated carbocycles. The summed E-state index contributed by atoms with van der Waals surface area (Å²) in [5.74, 6) is 0.133. The van der Waals surface area contributed by atoms with Crippen molar-refractivity contribution in [2.45, 2.75) is 18.8 Å². The highest BCUT2D eigenvalue weighted by Gasteiger charge is 2.26. The Kier molecular flexibility index (Phi) is 6.26. The van der Waals surface area contributed by atoms with E-state index in [1.807, 2.05) is 24.5 Å². The first-order valence-corrected chi connectivity index (χ1v) is 10.1. The summed E-state index contributed by atoms with van der Waals surface area (Å²) in [4.78, 5) is 25.1. The number of thioether (sulfide) groups is 1. The topological polar surface area (TPSA) is 77.8 Å². The first-order chi connectivity index (χ1) is 13.5. The molecule has 146 valence electrons. The van der Waals surface area contributed by atoms with Crippen molar-refractivity contribution in [2.24, 2.45) is 0 Å². The van der Waals surface area contributed by atoms with Gasteiger partial charge in [-0.25, -0.2) is 4.79 Å². The molecule has 0 aliphatic carbocycles. The molecule has 28 heavy (non-hydrogen) atoms. The van der Waals surface area contributed by atoms with Gasteiger partial charge in [0.05, 0.1) is 12.8 Å². The zero-order valence-electron chi connectivity index (χ0n) is 15.9. The number of anilines is 1. The molecule has 1 aromatic heterocycles. The smallest absolute Gasteiger partial charge is 0.375 e. The number of carbonyl (C=O) groups excluding carboxylic acids is 2. The van der Waals surface area contributed by atoms with Crippen molar-refractivity contribution in [3.05, 3.63) is 59.9 Å². The third kappa shape index (κ3) is 4.14. The summed E-state index contributed by atoms with van der Waals surface area (Å²) in [6, 6.07) is 14.4. The van der Waals surface area contributed by atoms with Gasteiger partial charge >= 0.3 is 5.97 Å². The molecule has 0 radical (unpaired) electrons. The number of amides is 1. The third-order valence-electron chi connectivity index (χ3n) is 4.19. The van der Waals surface area contributed by atoms with Crippen molar-refractivity contribution in [1.82, 2.24) is 0 Å². The predicted molar refractivity (Wildman–Crippen MR) is 110 cm³/mol. The molecule has 3 rings (SSSR count). The van der Waals surface area contributed by atoms with E-state index < -0.39 is 18.0 Å². The van der Waals surface area contributed by atoms with Crippen LogP contribution in [-0.4, -0.2) is 31.3 Å². The second-order valence-electron chi connectivity index (χ2n) is 6.08. The Balaban J connectivity index is 1.76. The number of para-hydroxylation sites is 3. The van der Waals surface area contributed by atoms with Gasteiger partial charge in [0.15, 0.2) is 6.10 Å². The second-order valence-corrected chi connectivity index (χ2v) is 6.94. The van der Waals surface area contributed by atoms with Gasteiger partial charge in [-0.05, 0) is 31.4 Å². The lowest BCUT2D eigenvalue weighted by atomic mass is 10.1. The molecule has 0 aliphatic rings. The molecule has 1 amide bonds. The molecule has 2 aromatic carbocycles. The Morgan fingerprint density at radius 1 is 1.14 bits per heavy atom. The van der Waals surface area contributed by atoms with Gasteiger partial charge in [0.25, 0.3) is 5.91 Å². The zero-order chi connectivity index (χ0) is 20.1. The standard InChI is InChI=1S/C21H21NO5S/c1-13(20(23)22-16-9-5-7-11-18(16)25-2)26-21(24)19-15(12-28-3)14-8-4-6-10-17(14)27-19/h4-11,13H,12H2,1-3H3,(H,22,23)/t13-/m0/s1. The minimum atomic E-state index is -1.01. The molecule has 1 N–H and O–H groups in total. The summed E-state index contributed by atoms with van der Waals surface area (Å²) >= 11 is 1.58. The maximum absolute atomic E-state index is 12.7. The van der Waals surface area contributed by atoms with Crippen LogP contribution in [0.15, 0.2) is 52.9 Å². The number of hydrogen-bond acceptors (Lipinski definition) is 6. The molecular formula is C21H21NO5S. The average molecular weight is 399 g/mol. The number of methoxy groups -OCH3 is 1. The number of benzene rings is 2. The highest BCUT2D eigenvalue weighted by Crippen LogP contribution is 2.29. The number of furan rings is 1. The minimum absolute atomic E-state index is 0.132. The van der Waals surface area contributed by atoms with Crippen molar-refractivity contribution >= 4 is 40.3 Å². The summed E-state index contributed by atoms with van der Waals surface area (Å²) in [5, 5.41) is 3.58. The van der Waals surface area contributed by atoms with Crippen LogP contribution in [0.3, 0.4) is 0 Å². The maximum atomic E-state index is 12.7. The van der Waals surface area contributed by atoms with Crippen molar-refractivity contribution in [1.29, 1.82) is 0 Å². The Bertz CT molecular complexity index is 997. The van der Waals surface area contributed by atoms with Crippen LogP contribution in [0, 0.1) is 0 Å². The molecule has 0 saturated heterocycles. The van der Waals surface area contributed by atoms with Gasteiger partial charge < -0.3 is 19.2 Å². The van der Waals surface area contributed by atoms with Crippen molar-refractivity contribution in [2.75, 3.05) is 18.7 Å². The monoisotopic (exact) mass is 399 g/mol. The summed E-state index contributed by atoms with van der Waals surface area (Å²) in [6.45, 7) is 1.51. The molecular weight excluding hydrogens is 378 g/mol. The van der Waals surface area contributed by atoms with Crippen LogP contribution in [0.1, 0.15) is 23.0 Å². The largest absolute Gasteiger partial charge is 0.495 e. The number of fused-ring (bicyclic) bond motifs is 1. The number of carbonyl (C=O) groups is 2.